The maximum absolute atomic E-state index is 10.5. The van der Waals surface area contributed by atoms with E-state index in [1.165, 1.54) is 0 Å². The van der Waals surface area contributed by atoms with Crippen LogP contribution in [-0.2, 0) is 20.3 Å². The van der Waals surface area contributed by atoms with Gasteiger partial charge < -0.3 is 39.4 Å². The molecule has 0 amide bonds. The van der Waals surface area contributed by atoms with E-state index in [2.05, 4.69) is 0 Å². The Kier molecular flexibility index (Phi) is 6.57. The molecule has 0 saturated carbocycles. The van der Waals surface area contributed by atoms with E-state index >= 15 is 0 Å². The molecule has 2 saturated heterocycles. The summed E-state index contributed by atoms with van der Waals surface area (Å²) >= 11 is 0. The monoisotopic (exact) mass is 522 g/mol. The average molecular weight is 523 g/mol. The minimum Gasteiger partial charge on any atom is -0.504 e. The molecule has 202 valence electrons. The van der Waals surface area contributed by atoms with Gasteiger partial charge in [0.15, 0.2) is 23.0 Å². The number of benzene rings is 3. The lowest BCUT2D eigenvalue weighted by molar-refractivity contribution is 0.244. The van der Waals surface area contributed by atoms with Crippen LogP contribution >= 0.6 is 0 Å². The van der Waals surface area contributed by atoms with Gasteiger partial charge in [0.05, 0.1) is 13.2 Å². The lowest BCUT2D eigenvalue weighted by Gasteiger charge is -2.30. The Labute approximate surface area is 222 Å². The summed E-state index contributed by atoms with van der Waals surface area (Å²) in [6.45, 7) is 9.87. The first-order valence-corrected chi connectivity index (χ1v) is 12.7. The van der Waals surface area contributed by atoms with E-state index in [0.717, 1.165) is 22.3 Å². The van der Waals surface area contributed by atoms with Gasteiger partial charge in [-0.2, -0.15) is 0 Å². The van der Waals surface area contributed by atoms with Crippen molar-refractivity contribution >= 4 is 0 Å². The van der Waals surface area contributed by atoms with Crippen LogP contribution in [0.3, 0.4) is 0 Å². The van der Waals surface area contributed by atoms with Crippen molar-refractivity contribution in [1.82, 2.24) is 0 Å². The molecule has 0 aromatic heterocycles. The van der Waals surface area contributed by atoms with Gasteiger partial charge in [-0.05, 0) is 46.5 Å². The molecule has 0 spiro atoms. The van der Waals surface area contributed by atoms with E-state index in [1.807, 2.05) is 52.0 Å². The summed E-state index contributed by atoms with van der Waals surface area (Å²) in [5.41, 5.74) is 2.36. The molecule has 2 aliphatic rings. The first-order chi connectivity index (χ1) is 18.0. The standard InChI is InChI=1S/C30H34O8/c1-29(2,19-9-23(31)27(24(32)10-19)37-15-21-13-35-21)17-5-7-18(8-6-17)30(3,4)20-11-25(33)28(26(34)12-20)38-16-22-14-36-22/h5-12,21-22,31-34H,13-16H2,1-4H3. The van der Waals surface area contributed by atoms with Crippen molar-refractivity contribution < 1.29 is 39.4 Å². The van der Waals surface area contributed by atoms with Crippen LogP contribution < -0.4 is 9.47 Å². The molecule has 8 nitrogen and oxygen atoms in total. The van der Waals surface area contributed by atoms with Crippen molar-refractivity contribution in [3.8, 4) is 34.5 Å². The Morgan fingerprint density at radius 1 is 0.605 bits per heavy atom. The number of ether oxygens (including phenoxy) is 4. The van der Waals surface area contributed by atoms with Crippen LogP contribution in [0.4, 0.5) is 0 Å². The molecule has 0 radical (unpaired) electrons. The van der Waals surface area contributed by atoms with E-state index < -0.39 is 10.8 Å². The Bertz CT molecular complexity index is 1170. The van der Waals surface area contributed by atoms with Gasteiger partial charge in [0.1, 0.15) is 25.4 Å². The average Bonchev–Trinajstić information content (AvgIpc) is 3.78. The summed E-state index contributed by atoms with van der Waals surface area (Å²) in [6.07, 6.45) is 0.0172. The van der Waals surface area contributed by atoms with Gasteiger partial charge in [0, 0.05) is 10.8 Å². The molecule has 2 atom stereocenters. The van der Waals surface area contributed by atoms with Gasteiger partial charge in [0.25, 0.3) is 0 Å². The van der Waals surface area contributed by atoms with Crippen molar-refractivity contribution in [2.75, 3.05) is 26.4 Å². The molecule has 4 N–H and O–H groups in total. The van der Waals surface area contributed by atoms with Gasteiger partial charge >= 0.3 is 0 Å². The number of aromatic hydroxyl groups is 4. The second-order valence-electron chi connectivity index (χ2n) is 11.0. The number of hydrogen-bond donors (Lipinski definition) is 4. The quantitative estimate of drug-likeness (QED) is 0.282. The van der Waals surface area contributed by atoms with Crippen molar-refractivity contribution in [1.29, 1.82) is 0 Å². The highest BCUT2D eigenvalue weighted by Crippen LogP contribution is 2.45. The maximum Gasteiger partial charge on any atom is 0.203 e. The zero-order valence-electron chi connectivity index (χ0n) is 22.0. The summed E-state index contributed by atoms with van der Waals surface area (Å²) in [5.74, 6) is -0.375. The molecule has 2 fully saturated rings. The molecular weight excluding hydrogens is 488 g/mol. The Balaban J connectivity index is 1.36. The Hall–Kier alpha value is -3.62. The normalized spacial score (nSPS) is 18.7. The third-order valence-electron chi connectivity index (χ3n) is 7.50. The molecule has 2 unspecified atom stereocenters. The summed E-state index contributed by atoms with van der Waals surface area (Å²) in [7, 11) is 0. The van der Waals surface area contributed by atoms with Gasteiger partial charge in [0.2, 0.25) is 11.5 Å². The van der Waals surface area contributed by atoms with E-state index in [0.29, 0.717) is 13.2 Å². The second kappa shape index (κ2) is 9.60. The van der Waals surface area contributed by atoms with Crippen LogP contribution in [0.1, 0.15) is 49.9 Å². The number of epoxide rings is 2. The van der Waals surface area contributed by atoms with Crippen LogP contribution in [0, 0.1) is 0 Å². The SMILES string of the molecule is CC(C)(c1ccc(C(C)(C)c2cc(O)c(OCC3CO3)c(O)c2)cc1)c1cc(O)c(OCC2CO2)c(O)c1. The molecular formula is C30H34O8. The minimum absolute atomic E-state index is 0.00862. The zero-order valence-corrected chi connectivity index (χ0v) is 22.0. The van der Waals surface area contributed by atoms with Gasteiger partial charge in [-0.25, -0.2) is 0 Å². The van der Waals surface area contributed by atoms with Crippen molar-refractivity contribution in [2.45, 2.75) is 50.7 Å². The molecule has 2 heterocycles. The highest BCUT2D eigenvalue weighted by Gasteiger charge is 2.31. The van der Waals surface area contributed by atoms with Crippen LogP contribution in [0.5, 0.6) is 34.5 Å². The zero-order chi connectivity index (χ0) is 27.2. The van der Waals surface area contributed by atoms with Gasteiger partial charge in [-0.3, -0.25) is 0 Å². The van der Waals surface area contributed by atoms with Crippen molar-refractivity contribution in [3.05, 3.63) is 70.8 Å². The fraction of sp³-hybridized carbons (Fsp3) is 0.400. The smallest absolute Gasteiger partial charge is 0.203 e. The van der Waals surface area contributed by atoms with Gasteiger partial charge in [-0.1, -0.05) is 52.0 Å². The first kappa shape index (κ1) is 26.0. The predicted octanol–water partition coefficient (Wildman–Crippen LogP) is 4.72. The minimum atomic E-state index is -0.531. The van der Waals surface area contributed by atoms with Crippen LogP contribution in [0.2, 0.25) is 0 Å². The Morgan fingerprint density at radius 3 is 1.16 bits per heavy atom. The molecule has 0 aliphatic carbocycles. The first-order valence-electron chi connectivity index (χ1n) is 12.7. The lowest BCUT2D eigenvalue weighted by atomic mass is 9.74. The van der Waals surface area contributed by atoms with Crippen LogP contribution in [-0.4, -0.2) is 59.1 Å². The third-order valence-corrected chi connectivity index (χ3v) is 7.50. The summed E-state index contributed by atoms with van der Waals surface area (Å²) in [4.78, 5) is 0. The molecule has 8 heteroatoms. The van der Waals surface area contributed by atoms with E-state index in [1.54, 1.807) is 24.3 Å². The number of phenolic OH excluding ortho intramolecular Hbond substituents is 4. The highest BCUT2D eigenvalue weighted by atomic mass is 16.6. The predicted molar refractivity (Wildman–Crippen MR) is 141 cm³/mol. The number of rotatable bonds is 10. The molecule has 3 aromatic carbocycles. The van der Waals surface area contributed by atoms with E-state index in [9.17, 15) is 20.4 Å². The topological polar surface area (TPSA) is 124 Å². The van der Waals surface area contributed by atoms with Gasteiger partial charge in [-0.15, -0.1) is 0 Å². The van der Waals surface area contributed by atoms with Crippen LogP contribution in [0.25, 0.3) is 0 Å². The fourth-order valence-corrected chi connectivity index (χ4v) is 4.53. The molecule has 38 heavy (non-hydrogen) atoms. The molecule has 3 aromatic rings. The second-order valence-corrected chi connectivity index (χ2v) is 11.0. The van der Waals surface area contributed by atoms with Crippen LogP contribution in [0.15, 0.2) is 48.5 Å². The largest absolute Gasteiger partial charge is 0.504 e. The fourth-order valence-electron chi connectivity index (χ4n) is 4.53. The summed E-state index contributed by atoms with van der Waals surface area (Å²) in [5, 5.41) is 42.2. The Morgan fingerprint density at radius 2 is 0.895 bits per heavy atom. The highest BCUT2D eigenvalue weighted by molar-refractivity contribution is 5.57. The van der Waals surface area contributed by atoms with Crippen molar-refractivity contribution in [3.63, 3.8) is 0 Å². The number of phenols is 4. The molecule has 5 rings (SSSR count). The molecule has 2 aliphatic heterocycles. The number of hydrogen-bond acceptors (Lipinski definition) is 8. The maximum atomic E-state index is 10.5. The van der Waals surface area contributed by atoms with Crippen molar-refractivity contribution in [2.24, 2.45) is 0 Å². The summed E-state index contributed by atoms with van der Waals surface area (Å²) < 4.78 is 21.3. The van der Waals surface area contributed by atoms with E-state index in [4.69, 9.17) is 18.9 Å². The lowest BCUT2D eigenvalue weighted by Crippen LogP contribution is -2.21. The third kappa shape index (κ3) is 5.19. The molecule has 0 bridgehead atoms. The summed E-state index contributed by atoms with van der Waals surface area (Å²) in [6, 6.07) is 14.5. The van der Waals surface area contributed by atoms with E-state index in [-0.39, 0.29) is 59.9 Å².